The summed E-state index contributed by atoms with van der Waals surface area (Å²) in [6, 6.07) is 44.3. The van der Waals surface area contributed by atoms with Crippen LogP contribution in [0.1, 0.15) is 0 Å². The van der Waals surface area contributed by atoms with Crippen molar-refractivity contribution in [1.82, 2.24) is 0 Å². The van der Waals surface area contributed by atoms with E-state index < -0.39 is 39.4 Å². The van der Waals surface area contributed by atoms with Crippen molar-refractivity contribution < 1.29 is 0 Å². The van der Waals surface area contributed by atoms with Crippen molar-refractivity contribution in [2.45, 2.75) is 0 Å². The quantitative estimate of drug-likeness (QED) is 0.411. The molecular weight excluding hydrogens is 457 g/mol. The van der Waals surface area contributed by atoms with Crippen LogP contribution in [-0.2, 0) is 0 Å². The summed E-state index contributed by atoms with van der Waals surface area (Å²) in [7, 11) is -2.65. The number of anilines is 4. The number of para-hydroxylation sites is 4. The second-order valence-electron chi connectivity index (χ2n) is 8.07. The van der Waals surface area contributed by atoms with Gasteiger partial charge in [0.1, 0.15) is 0 Å². The first-order valence-corrected chi connectivity index (χ1v) is 16.1. The molecule has 0 radical (unpaired) electrons. The molecule has 4 aromatic rings. The number of nitrogens with zero attached hydrogens (tertiary/aromatic N) is 4. The molecule has 8 heteroatoms. The lowest BCUT2D eigenvalue weighted by atomic mass is 10.3. The largest absolute Gasteiger partial charge is 0.402 e. The second kappa shape index (κ2) is 10.0. The van der Waals surface area contributed by atoms with Crippen molar-refractivity contribution in [1.29, 1.82) is 0 Å². The smallest absolute Gasteiger partial charge is 0.216 e. The highest BCUT2D eigenvalue weighted by atomic mass is 28.4. The van der Waals surface area contributed by atoms with Crippen LogP contribution in [0.5, 0.6) is 0 Å². The van der Waals surface area contributed by atoms with E-state index in [0.29, 0.717) is 0 Å². The average molecular weight is 485 g/mol. The molecule has 1 saturated heterocycles. The summed E-state index contributed by atoms with van der Waals surface area (Å²) in [6.07, 6.45) is 0. The highest BCUT2D eigenvalue weighted by Crippen LogP contribution is 2.23. The standard InChI is InChI=1S/C24H28N4Si4/c1-5-13-21(14-6-1)25-29-26(22-15-7-2-8-16-22)31-28(24-19-11-4-12-20-24)32-27(30-25)23-17-9-3-10-18-23/h1-20H,29-32H2. The summed E-state index contributed by atoms with van der Waals surface area (Å²) in [4.78, 5) is 0. The van der Waals surface area contributed by atoms with Gasteiger partial charge in [0.05, 0.1) is 0 Å². The van der Waals surface area contributed by atoms with Crippen molar-refractivity contribution in [2.75, 3.05) is 16.9 Å². The first kappa shape index (κ1) is 20.8. The zero-order valence-electron chi connectivity index (χ0n) is 18.2. The van der Waals surface area contributed by atoms with Gasteiger partial charge in [0.15, 0.2) is 0 Å². The van der Waals surface area contributed by atoms with E-state index in [9.17, 15) is 0 Å². The Morgan fingerprint density at radius 2 is 0.469 bits per heavy atom. The van der Waals surface area contributed by atoms with Crippen LogP contribution in [0.4, 0.5) is 22.7 Å². The van der Waals surface area contributed by atoms with Crippen molar-refractivity contribution in [2.24, 2.45) is 0 Å². The summed E-state index contributed by atoms with van der Waals surface area (Å²) in [6.45, 7) is 0. The lowest BCUT2D eigenvalue weighted by molar-refractivity contribution is 1.36. The fourth-order valence-corrected chi connectivity index (χ4v) is 19.5. The molecule has 1 aliphatic rings. The third-order valence-corrected chi connectivity index (χ3v) is 16.3. The SMILES string of the molecule is c1ccc(N2[SiH2]N(c3ccccc3)[SiH2]N(c3ccccc3)[SiH2]N(c3ccccc3)[SiH2]2)cc1. The third kappa shape index (κ3) is 4.88. The van der Waals surface area contributed by atoms with Gasteiger partial charge >= 0.3 is 0 Å². The van der Waals surface area contributed by atoms with E-state index in [2.05, 4.69) is 138 Å². The zero-order chi connectivity index (χ0) is 21.6. The molecule has 0 aromatic heterocycles. The maximum absolute atomic E-state index is 2.79. The Kier molecular flexibility index (Phi) is 6.54. The Labute approximate surface area is 200 Å². The molecular formula is C24H28N4Si4. The Morgan fingerprint density at radius 3 is 0.656 bits per heavy atom. The molecule has 0 aliphatic carbocycles. The van der Waals surface area contributed by atoms with E-state index in [1.165, 1.54) is 22.7 Å². The molecule has 0 spiro atoms. The highest BCUT2D eigenvalue weighted by molar-refractivity contribution is 6.87. The number of hydrogen-bond acceptors (Lipinski definition) is 4. The van der Waals surface area contributed by atoms with E-state index in [4.69, 9.17) is 0 Å². The molecule has 0 unspecified atom stereocenters. The molecule has 32 heavy (non-hydrogen) atoms. The Bertz CT molecular complexity index is 914. The van der Waals surface area contributed by atoms with Crippen molar-refractivity contribution in [3.8, 4) is 0 Å². The molecule has 1 heterocycles. The molecule has 1 aliphatic heterocycles. The average Bonchev–Trinajstić information content (AvgIpc) is 2.86. The fourth-order valence-electron chi connectivity index (χ4n) is 4.21. The summed E-state index contributed by atoms with van der Waals surface area (Å²) >= 11 is 0. The van der Waals surface area contributed by atoms with Gasteiger partial charge in [0, 0.05) is 22.7 Å². The topological polar surface area (TPSA) is 13.0 Å². The molecule has 4 aromatic carbocycles. The van der Waals surface area contributed by atoms with E-state index in [0.717, 1.165) is 0 Å². The van der Waals surface area contributed by atoms with Gasteiger partial charge in [-0.1, -0.05) is 72.8 Å². The minimum absolute atomic E-state index is 0.661. The summed E-state index contributed by atoms with van der Waals surface area (Å²) in [5.74, 6) is 0. The maximum Gasteiger partial charge on any atom is 0.216 e. The zero-order valence-corrected chi connectivity index (χ0v) is 23.8. The third-order valence-electron chi connectivity index (χ3n) is 5.85. The molecule has 5 rings (SSSR count). The van der Waals surface area contributed by atoms with Crippen LogP contribution in [-0.4, -0.2) is 39.4 Å². The first-order valence-electron chi connectivity index (χ1n) is 11.1. The minimum Gasteiger partial charge on any atom is -0.402 e. The molecule has 0 saturated carbocycles. The number of rotatable bonds is 4. The van der Waals surface area contributed by atoms with Crippen LogP contribution in [0.2, 0.25) is 0 Å². The lowest BCUT2D eigenvalue weighted by Gasteiger charge is -2.45. The van der Waals surface area contributed by atoms with E-state index in [1.54, 1.807) is 0 Å². The predicted octanol–water partition coefficient (Wildman–Crippen LogP) is 2.02. The van der Waals surface area contributed by atoms with Crippen LogP contribution >= 0.6 is 0 Å². The molecule has 0 atom stereocenters. The molecule has 4 nitrogen and oxygen atoms in total. The van der Waals surface area contributed by atoms with Gasteiger partial charge in [-0.15, -0.1) is 0 Å². The Hall–Kier alpha value is -3.05. The van der Waals surface area contributed by atoms with Gasteiger partial charge < -0.3 is 16.9 Å². The fraction of sp³-hybridized carbons (Fsp3) is 0. The van der Waals surface area contributed by atoms with Gasteiger partial charge in [0.25, 0.3) is 0 Å². The predicted molar refractivity (Wildman–Crippen MR) is 150 cm³/mol. The monoisotopic (exact) mass is 484 g/mol. The van der Waals surface area contributed by atoms with Crippen LogP contribution in [0.15, 0.2) is 121 Å². The summed E-state index contributed by atoms with van der Waals surface area (Å²) in [5, 5.41) is 0. The van der Waals surface area contributed by atoms with Crippen LogP contribution < -0.4 is 16.9 Å². The number of benzene rings is 4. The van der Waals surface area contributed by atoms with Gasteiger partial charge in [-0.2, -0.15) is 0 Å². The number of hydrogen-bond donors (Lipinski definition) is 0. The first-order chi connectivity index (χ1) is 15.9. The van der Waals surface area contributed by atoms with Gasteiger partial charge in [-0.25, -0.2) is 0 Å². The van der Waals surface area contributed by atoms with Crippen LogP contribution in [0, 0.1) is 0 Å². The Morgan fingerprint density at radius 1 is 0.281 bits per heavy atom. The van der Waals surface area contributed by atoms with Crippen molar-refractivity contribution in [3.05, 3.63) is 121 Å². The Balaban J connectivity index is 1.55. The van der Waals surface area contributed by atoms with Gasteiger partial charge in [-0.3, -0.25) is 0 Å². The van der Waals surface area contributed by atoms with E-state index in [-0.39, 0.29) is 0 Å². The maximum atomic E-state index is 2.79. The van der Waals surface area contributed by atoms with E-state index >= 15 is 0 Å². The molecule has 0 amide bonds. The lowest BCUT2D eigenvalue weighted by Crippen LogP contribution is -2.62. The van der Waals surface area contributed by atoms with Crippen LogP contribution in [0.3, 0.4) is 0 Å². The van der Waals surface area contributed by atoms with Gasteiger partial charge in [-0.05, 0) is 48.5 Å². The second-order valence-corrected chi connectivity index (χ2v) is 18.9. The summed E-state index contributed by atoms with van der Waals surface area (Å²) < 4.78 is 11.2. The molecule has 160 valence electrons. The van der Waals surface area contributed by atoms with E-state index in [1.807, 2.05) is 0 Å². The van der Waals surface area contributed by atoms with Crippen molar-refractivity contribution >= 4 is 62.1 Å². The summed E-state index contributed by atoms with van der Waals surface area (Å²) in [5.41, 5.74) is 5.57. The molecule has 1 fully saturated rings. The minimum atomic E-state index is -0.661. The highest BCUT2D eigenvalue weighted by Gasteiger charge is 2.25. The molecule has 0 N–H and O–H groups in total. The molecule has 0 bridgehead atoms. The van der Waals surface area contributed by atoms with Crippen molar-refractivity contribution in [3.63, 3.8) is 0 Å². The van der Waals surface area contributed by atoms with Gasteiger partial charge in [0.2, 0.25) is 39.4 Å². The van der Waals surface area contributed by atoms with Crippen LogP contribution in [0.25, 0.3) is 0 Å². The normalized spacial score (nSPS) is 17.8.